The number of morpholine rings is 1. The molecule has 1 saturated heterocycles. The SMILES string of the molecule is Nc1cc(CN2C(=O)COCC2=O)ccc1Cl. The van der Waals surface area contributed by atoms with Crippen LogP contribution in [0.15, 0.2) is 18.2 Å². The third kappa shape index (κ3) is 2.57. The van der Waals surface area contributed by atoms with Crippen LogP contribution in [0.1, 0.15) is 5.56 Å². The molecule has 0 unspecified atom stereocenters. The molecule has 0 bridgehead atoms. The van der Waals surface area contributed by atoms with Gasteiger partial charge in [0.25, 0.3) is 11.8 Å². The number of halogens is 1. The predicted molar refractivity (Wildman–Crippen MR) is 62.2 cm³/mol. The van der Waals surface area contributed by atoms with E-state index in [0.717, 1.165) is 10.5 Å². The number of benzene rings is 1. The van der Waals surface area contributed by atoms with E-state index in [-0.39, 0.29) is 31.6 Å². The Morgan fingerprint density at radius 2 is 1.94 bits per heavy atom. The van der Waals surface area contributed by atoms with Crippen LogP contribution < -0.4 is 5.73 Å². The van der Waals surface area contributed by atoms with Gasteiger partial charge in [0.2, 0.25) is 0 Å². The van der Waals surface area contributed by atoms with Gasteiger partial charge in [0, 0.05) is 0 Å². The summed E-state index contributed by atoms with van der Waals surface area (Å²) in [6.07, 6.45) is 0. The highest BCUT2D eigenvalue weighted by Gasteiger charge is 2.26. The number of hydrogen-bond acceptors (Lipinski definition) is 4. The molecule has 1 fully saturated rings. The summed E-state index contributed by atoms with van der Waals surface area (Å²) < 4.78 is 4.82. The number of nitrogen functional groups attached to an aromatic ring is 1. The maximum atomic E-state index is 11.5. The number of ether oxygens (including phenoxy) is 1. The first-order valence-electron chi connectivity index (χ1n) is 5.03. The molecule has 2 rings (SSSR count). The normalized spacial score (nSPS) is 16.4. The molecule has 0 radical (unpaired) electrons. The number of imide groups is 1. The number of carbonyl (C=O) groups is 2. The molecule has 90 valence electrons. The summed E-state index contributed by atoms with van der Waals surface area (Å²) in [5.41, 5.74) is 6.84. The van der Waals surface area contributed by atoms with E-state index in [4.69, 9.17) is 22.1 Å². The Labute approximate surface area is 103 Å². The van der Waals surface area contributed by atoms with Gasteiger partial charge in [-0.15, -0.1) is 0 Å². The van der Waals surface area contributed by atoms with Crippen molar-refractivity contribution in [2.24, 2.45) is 0 Å². The monoisotopic (exact) mass is 254 g/mol. The van der Waals surface area contributed by atoms with Crippen molar-refractivity contribution in [3.8, 4) is 0 Å². The summed E-state index contributed by atoms with van der Waals surface area (Å²) in [5.74, 6) is -0.676. The van der Waals surface area contributed by atoms with Crippen LogP contribution in [-0.4, -0.2) is 29.9 Å². The van der Waals surface area contributed by atoms with E-state index in [2.05, 4.69) is 0 Å². The molecule has 2 N–H and O–H groups in total. The predicted octanol–water partition coefficient (Wildman–Crippen LogP) is 0.808. The van der Waals surface area contributed by atoms with Gasteiger partial charge in [-0.2, -0.15) is 0 Å². The number of nitrogens with two attached hydrogens (primary N) is 1. The minimum atomic E-state index is -0.338. The van der Waals surface area contributed by atoms with Gasteiger partial charge in [-0.25, -0.2) is 0 Å². The zero-order chi connectivity index (χ0) is 12.4. The Bertz CT molecular complexity index is 460. The van der Waals surface area contributed by atoms with E-state index in [9.17, 15) is 9.59 Å². The minimum Gasteiger partial charge on any atom is -0.398 e. The van der Waals surface area contributed by atoms with Crippen molar-refractivity contribution < 1.29 is 14.3 Å². The van der Waals surface area contributed by atoms with E-state index < -0.39 is 0 Å². The fourth-order valence-electron chi connectivity index (χ4n) is 1.57. The fourth-order valence-corrected chi connectivity index (χ4v) is 1.69. The number of rotatable bonds is 2. The lowest BCUT2D eigenvalue weighted by molar-refractivity contribution is -0.159. The Balaban J connectivity index is 2.16. The first-order valence-corrected chi connectivity index (χ1v) is 5.40. The molecule has 1 aliphatic heterocycles. The van der Waals surface area contributed by atoms with Crippen molar-refractivity contribution in [3.63, 3.8) is 0 Å². The summed E-state index contributed by atoms with van der Waals surface area (Å²) in [5, 5.41) is 0.452. The van der Waals surface area contributed by atoms with Crippen LogP contribution in [0.2, 0.25) is 5.02 Å². The second-order valence-electron chi connectivity index (χ2n) is 3.72. The van der Waals surface area contributed by atoms with Crippen LogP contribution in [0.5, 0.6) is 0 Å². The second-order valence-corrected chi connectivity index (χ2v) is 4.13. The van der Waals surface area contributed by atoms with Crippen molar-refractivity contribution in [1.82, 2.24) is 4.90 Å². The molecule has 2 amide bonds. The maximum absolute atomic E-state index is 11.5. The Morgan fingerprint density at radius 3 is 2.53 bits per heavy atom. The van der Waals surface area contributed by atoms with Crippen LogP contribution in [0.3, 0.4) is 0 Å². The van der Waals surface area contributed by atoms with Crippen LogP contribution in [0, 0.1) is 0 Å². The molecule has 1 aromatic carbocycles. The smallest absolute Gasteiger partial charge is 0.255 e. The molecule has 0 spiro atoms. The number of anilines is 1. The molecule has 1 aromatic rings. The van der Waals surface area contributed by atoms with Crippen LogP contribution in [0.25, 0.3) is 0 Å². The van der Waals surface area contributed by atoms with E-state index in [1.807, 2.05) is 0 Å². The van der Waals surface area contributed by atoms with Crippen molar-refractivity contribution in [2.45, 2.75) is 6.54 Å². The molecule has 0 atom stereocenters. The van der Waals surface area contributed by atoms with Crippen molar-refractivity contribution in [1.29, 1.82) is 0 Å². The molecular weight excluding hydrogens is 244 g/mol. The maximum Gasteiger partial charge on any atom is 0.255 e. The summed E-state index contributed by atoms with van der Waals surface area (Å²) in [6.45, 7) is 0.0754. The molecule has 17 heavy (non-hydrogen) atoms. The minimum absolute atomic E-state index is 0.0607. The number of carbonyl (C=O) groups excluding carboxylic acids is 2. The molecule has 5 nitrogen and oxygen atoms in total. The van der Waals surface area contributed by atoms with Gasteiger partial charge >= 0.3 is 0 Å². The number of hydrogen-bond donors (Lipinski definition) is 1. The lowest BCUT2D eigenvalue weighted by Crippen LogP contribution is -2.45. The van der Waals surface area contributed by atoms with Gasteiger partial charge in [-0.05, 0) is 17.7 Å². The Morgan fingerprint density at radius 1 is 1.29 bits per heavy atom. The van der Waals surface area contributed by atoms with Crippen LogP contribution >= 0.6 is 11.6 Å². The summed E-state index contributed by atoms with van der Waals surface area (Å²) in [6, 6.07) is 5.02. The average molecular weight is 255 g/mol. The first kappa shape index (κ1) is 11.9. The van der Waals surface area contributed by atoms with E-state index in [0.29, 0.717) is 10.7 Å². The van der Waals surface area contributed by atoms with Gasteiger partial charge in [0.15, 0.2) is 0 Å². The van der Waals surface area contributed by atoms with Crippen LogP contribution in [0.4, 0.5) is 5.69 Å². The highest BCUT2D eigenvalue weighted by molar-refractivity contribution is 6.33. The summed E-state index contributed by atoms with van der Waals surface area (Å²) >= 11 is 5.79. The van der Waals surface area contributed by atoms with Gasteiger partial charge in [-0.1, -0.05) is 17.7 Å². The second kappa shape index (κ2) is 4.73. The molecule has 1 aliphatic rings. The Hall–Kier alpha value is -1.59. The van der Waals surface area contributed by atoms with Crippen LogP contribution in [-0.2, 0) is 20.9 Å². The molecular formula is C11H11ClN2O3. The van der Waals surface area contributed by atoms with Crippen molar-refractivity contribution in [2.75, 3.05) is 18.9 Å². The Kier molecular flexibility index (Phi) is 3.31. The highest BCUT2D eigenvalue weighted by Crippen LogP contribution is 2.20. The van der Waals surface area contributed by atoms with Crippen molar-refractivity contribution in [3.05, 3.63) is 28.8 Å². The lowest BCUT2D eigenvalue weighted by Gasteiger charge is -2.25. The average Bonchev–Trinajstić information content (AvgIpc) is 2.28. The van der Waals surface area contributed by atoms with Gasteiger partial charge in [0.1, 0.15) is 13.2 Å². The standard InChI is InChI=1S/C11H11ClN2O3/c12-8-2-1-7(3-9(8)13)4-14-10(15)5-17-6-11(14)16/h1-3H,4-6,13H2. The van der Waals surface area contributed by atoms with E-state index in [1.165, 1.54) is 0 Å². The largest absolute Gasteiger partial charge is 0.398 e. The molecule has 1 heterocycles. The topological polar surface area (TPSA) is 72.6 Å². The van der Waals surface area contributed by atoms with Gasteiger partial charge in [0.05, 0.1) is 17.3 Å². The van der Waals surface area contributed by atoms with Gasteiger partial charge in [-0.3, -0.25) is 14.5 Å². The first-order chi connectivity index (χ1) is 8.08. The third-order valence-electron chi connectivity index (χ3n) is 2.45. The molecule has 0 aromatic heterocycles. The highest BCUT2D eigenvalue weighted by atomic mass is 35.5. The molecule has 0 aliphatic carbocycles. The summed E-state index contributed by atoms with van der Waals surface area (Å²) in [7, 11) is 0. The van der Waals surface area contributed by atoms with Gasteiger partial charge < -0.3 is 10.5 Å². The fraction of sp³-hybridized carbons (Fsp3) is 0.273. The zero-order valence-corrected chi connectivity index (χ0v) is 9.74. The zero-order valence-electron chi connectivity index (χ0n) is 8.98. The molecule has 0 saturated carbocycles. The number of nitrogens with zero attached hydrogens (tertiary/aromatic N) is 1. The van der Waals surface area contributed by atoms with E-state index >= 15 is 0 Å². The lowest BCUT2D eigenvalue weighted by atomic mass is 10.2. The quantitative estimate of drug-likeness (QED) is 0.626. The van der Waals surface area contributed by atoms with E-state index in [1.54, 1.807) is 18.2 Å². The number of amides is 2. The molecule has 6 heteroatoms. The van der Waals surface area contributed by atoms with Crippen molar-refractivity contribution >= 4 is 29.1 Å². The third-order valence-corrected chi connectivity index (χ3v) is 2.80. The summed E-state index contributed by atoms with van der Waals surface area (Å²) in [4.78, 5) is 24.1.